The maximum atomic E-state index is 12.9. The highest BCUT2D eigenvalue weighted by atomic mass is 35.5. The van der Waals surface area contributed by atoms with Gasteiger partial charge in [0, 0.05) is 56.4 Å². The van der Waals surface area contributed by atoms with Crippen molar-refractivity contribution < 1.29 is 18.0 Å². The molecule has 0 radical (unpaired) electrons. The summed E-state index contributed by atoms with van der Waals surface area (Å²) in [5.41, 5.74) is 4.32. The van der Waals surface area contributed by atoms with E-state index in [4.69, 9.17) is 11.6 Å². The normalized spacial score (nSPS) is 15.9. The van der Waals surface area contributed by atoms with Crippen molar-refractivity contribution in [2.24, 2.45) is 0 Å². The van der Waals surface area contributed by atoms with E-state index in [1.807, 2.05) is 23.1 Å². The molecule has 2 aliphatic heterocycles. The van der Waals surface area contributed by atoms with E-state index in [9.17, 15) is 18.0 Å². The molecule has 2 aromatic rings. The number of fused-ring (bicyclic) bond motifs is 1. The quantitative estimate of drug-likeness (QED) is 0.569. The Morgan fingerprint density at radius 2 is 1.70 bits per heavy atom. The molecule has 0 saturated carbocycles. The van der Waals surface area contributed by atoms with Gasteiger partial charge < -0.3 is 15.5 Å². The number of carbonyl (C=O) groups excluding carboxylic acids is 1. The van der Waals surface area contributed by atoms with Crippen LogP contribution in [0.1, 0.15) is 27.9 Å². The van der Waals surface area contributed by atoms with E-state index in [2.05, 4.69) is 15.5 Å². The predicted molar refractivity (Wildman–Crippen MR) is 130 cm³/mol. The highest BCUT2D eigenvalue weighted by Gasteiger charge is 2.29. The second kappa shape index (κ2) is 11.6. The summed E-state index contributed by atoms with van der Waals surface area (Å²) < 4.78 is 37.5. The third-order valence-corrected chi connectivity index (χ3v) is 5.97. The molecule has 2 aliphatic rings. The molecule has 5 nitrogen and oxygen atoms in total. The van der Waals surface area contributed by atoms with Crippen LogP contribution in [0.15, 0.2) is 36.4 Å². The smallest absolute Gasteiger partial charge is 0.367 e. The van der Waals surface area contributed by atoms with Crippen molar-refractivity contribution in [1.29, 1.82) is 0 Å². The van der Waals surface area contributed by atoms with Crippen LogP contribution in [0.4, 0.5) is 24.5 Å². The third-order valence-electron chi connectivity index (χ3n) is 5.73. The average Bonchev–Trinajstić information content (AvgIpc) is 3.21. The zero-order valence-corrected chi connectivity index (χ0v) is 20.1. The number of benzene rings is 2. The maximum Gasteiger partial charge on any atom is 0.390 e. The van der Waals surface area contributed by atoms with E-state index in [1.54, 1.807) is 18.2 Å². The first-order valence-electron chi connectivity index (χ1n) is 10.3. The minimum absolute atomic E-state index is 0. The van der Waals surface area contributed by atoms with Crippen molar-refractivity contribution in [3.05, 3.63) is 58.1 Å². The number of anilines is 2. The minimum atomic E-state index is -4.14. The molecule has 182 valence electrons. The van der Waals surface area contributed by atoms with Gasteiger partial charge in [0.2, 0.25) is 0 Å². The first kappa shape index (κ1) is 27.5. The molecule has 1 fully saturated rings. The van der Waals surface area contributed by atoms with Crippen LogP contribution in [-0.2, 0) is 13.1 Å². The Morgan fingerprint density at radius 1 is 1.00 bits per heavy atom. The zero-order chi connectivity index (χ0) is 22.0. The fourth-order valence-corrected chi connectivity index (χ4v) is 4.17. The second-order valence-corrected chi connectivity index (χ2v) is 8.33. The van der Waals surface area contributed by atoms with Gasteiger partial charge in [-0.15, -0.1) is 24.8 Å². The van der Waals surface area contributed by atoms with Crippen molar-refractivity contribution in [2.75, 3.05) is 42.9 Å². The van der Waals surface area contributed by atoms with Crippen LogP contribution in [-0.4, -0.2) is 49.7 Å². The molecule has 1 amide bonds. The van der Waals surface area contributed by atoms with E-state index in [1.165, 1.54) is 5.56 Å². The van der Waals surface area contributed by atoms with Gasteiger partial charge in [-0.25, -0.2) is 0 Å². The van der Waals surface area contributed by atoms with Gasteiger partial charge in [-0.3, -0.25) is 9.69 Å². The summed E-state index contributed by atoms with van der Waals surface area (Å²) in [7, 11) is 0. The molecule has 0 aliphatic carbocycles. The lowest BCUT2D eigenvalue weighted by molar-refractivity contribution is -0.138. The molecule has 11 heteroatoms. The van der Waals surface area contributed by atoms with Gasteiger partial charge in [0.15, 0.2) is 0 Å². The molecule has 2 N–H and O–H groups in total. The van der Waals surface area contributed by atoms with Gasteiger partial charge in [-0.2, -0.15) is 13.2 Å². The molecule has 0 unspecified atom stereocenters. The van der Waals surface area contributed by atoms with Crippen LogP contribution < -0.4 is 15.5 Å². The number of alkyl halides is 3. The van der Waals surface area contributed by atoms with Crippen LogP contribution in [0, 0.1) is 0 Å². The second-order valence-electron chi connectivity index (χ2n) is 7.90. The van der Waals surface area contributed by atoms with E-state index >= 15 is 0 Å². The molecular weight excluding hydrogens is 500 g/mol. The number of piperazine rings is 1. The van der Waals surface area contributed by atoms with E-state index in [0.717, 1.165) is 24.3 Å². The Morgan fingerprint density at radius 3 is 2.39 bits per heavy atom. The van der Waals surface area contributed by atoms with Crippen molar-refractivity contribution in [3.8, 4) is 0 Å². The molecule has 0 atom stereocenters. The summed E-state index contributed by atoms with van der Waals surface area (Å²) in [4.78, 5) is 16.7. The van der Waals surface area contributed by atoms with Crippen molar-refractivity contribution in [3.63, 3.8) is 0 Å². The number of carbonyl (C=O) groups is 1. The van der Waals surface area contributed by atoms with Gasteiger partial charge in [-0.1, -0.05) is 17.7 Å². The first-order valence-corrected chi connectivity index (χ1v) is 10.6. The number of nitrogens with one attached hydrogen (secondary N) is 2. The van der Waals surface area contributed by atoms with Gasteiger partial charge in [0.1, 0.15) is 0 Å². The lowest BCUT2D eigenvalue weighted by Crippen LogP contribution is -2.47. The van der Waals surface area contributed by atoms with Crippen LogP contribution in [0.3, 0.4) is 0 Å². The van der Waals surface area contributed by atoms with Crippen LogP contribution >= 0.6 is 36.4 Å². The van der Waals surface area contributed by atoms with Crippen molar-refractivity contribution in [1.82, 2.24) is 10.2 Å². The summed E-state index contributed by atoms with van der Waals surface area (Å²) in [5, 5.41) is 6.78. The number of hydrogen-bond acceptors (Lipinski definition) is 4. The summed E-state index contributed by atoms with van der Waals surface area (Å²) in [6, 6.07) is 10.9. The predicted octanol–water partition coefficient (Wildman–Crippen LogP) is 5.11. The van der Waals surface area contributed by atoms with Crippen LogP contribution in [0.25, 0.3) is 0 Å². The Bertz CT molecular complexity index is 966. The Labute approximate surface area is 208 Å². The molecular formula is C22H26Cl3F3N4O. The largest absolute Gasteiger partial charge is 0.390 e. The van der Waals surface area contributed by atoms with E-state index < -0.39 is 12.6 Å². The Hall–Kier alpha value is -1.71. The van der Waals surface area contributed by atoms with Crippen LogP contribution in [0.5, 0.6) is 0 Å². The molecule has 4 rings (SSSR count). The van der Waals surface area contributed by atoms with E-state index in [-0.39, 0.29) is 37.3 Å². The van der Waals surface area contributed by atoms with Gasteiger partial charge in [-0.05, 0) is 41.5 Å². The lowest BCUT2D eigenvalue weighted by atomic mass is 10.1. The number of nitrogens with zero attached hydrogens (tertiary/aromatic N) is 2. The summed E-state index contributed by atoms with van der Waals surface area (Å²) in [6.07, 6.45) is -4.95. The molecule has 0 aromatic heterocycles. The SMILES string of the molecule is Cl.Cl.O=C(Nc1ccc(Cl)cc1N1CCN(CCC(F)(F)F)CC1)c1ccc2c(c1)CNC2. The van der Waals surface area contributed by atoms with E-state index in [0.29, 0.717) is 42.5 Å². The fourth-order valence-electron chi connectivity index (χ4n) is 4.00. The molecule has 33 heavy (non-hydrogen) atoms. The van der Waals surface area contributed by atoms with Gasteiger partial charge in [0.25, 0.3) is 5.91 Å². The first-order chi connectivity index (χ1) is 14.8. The highest BCUT2D eigenvalue weighted by molar-refractivity contribution is 6.31. The van der Waals surface area contributed by atoms with Crippen molar-refractivity contribution in [2.45, 2.75) is 25.7 Å². The minimum Gasteiger partial charge on any atom is -0.367 e. The summed E-state index contributed by atoms with van der Waals surface area (Å²) >= 11 is 6.20. The number of amides is 1. The number of halogens is 6. The topological polar surface area (TPSA) is 47.6 Å². The van der Waals surface area contributed by atoms with Gasteiger partial charge in [0.05, 0.1) is 17.8 Å². The van der Waals surface area contributed by atoms with Crippen molar-refractivity contribution >= 4 is 53.7 Å². The molecule has 2 aromatic carbocycles. The molecule has 0 bridgehead atoms. The highest BCUT2D eigenvalue weighted by Crippen LogP contribution is 2.31. The monoisotopic (exact) mass is 524 g/mol. The zero-order valence-electron chi connectivity index (χ0n) is 17.8. The fraction of sp³-hybridized carbons (Fsp3) is 0.409. The Balaban J connectivity index is 0.00000193. The third kappa shape index (κ3) is 7.13. The van der Waals surface area contributed by atoms with Crippen LogP contribution in [0.2, 0.25) is 5.02 Å². The number of hydrogen-bond donors (Lipinski definition) is 2. The summed E-state index contributed by atoms with van der Waals surface area (Å²) in [6.45, 7) is 3.73. The number of rotatable bonds is 5. The van der Waals surface area contributed by atoms with Gasteiger partial charge >= 0.3 is 6.18 Å². The molecule has 2 heterocycles. The average molecular weight is 526 g/mol. The summed E-state index contributed by atoms with van der Waals surface area (Å²) in [5.74, 6) is -0.206. The molecule has 0 spiro atoms. The maximum absolute atomic E-state index is 12.9. The molecule has 1 saturated heterocycles. The lowest BCUT2D eigenvalue weighted by Gasteiger charge is -2.37. The standard InChI is InChI=1S/C22H24ClF3N4O.2ClH/c23-18-3-4-19(28-21(31)15-1-2-16-13-27-14-17(16)11-15)20(12-18)30-9-7-29(8-10-30)6-5-22(24,25)26;;/h1-4,11-12,27H,5-10,13-14H2,(H,28,31);2*1H. The Kier molecular flexibility index (Phi) is 9.70.